The Hall–Kier alpha value is -4.34. The zero-order valence-electron chi connectivity index (χ0n) is 15.1. The Morgan fingerprint density at radius 1 is 1.14 bits per heavy atom. The number of benzene rings is 2. The molecule has 0 saturated carbocycles. The van der Waals surface area contributed by atoms with E-state index in [2.05, 4.69) is 20.7 Å². The Morgan fingerprint density at radius 3 is 2.59 bits per heavy atom. The lowest BCUT2D eigenvalue weighted by atomic mass is 10.1. The van der Waals surface area contributed by atoms with E-state index in [0.717, 1.165) is 11.8 Å². The topological polar surface area (TPSA) is 132 Å². The maximum absolute atomic E-state index is 12.0. The fourth-order valence-corrected chi connectivity index (χ4v) is 2.43. The van der Waals surface area contributed by atoms with E-state index >= 15 is 0 Å². The molecule has 0 spiro atoms. The normalized spacial score (nSPS) is 10.6. The van der Waals surface area contributed by atoms with Crippen LogP contribution >= 0.6 is 0 Å². The minimum absolute atomic E-state index is 0.108. The van der Waals surface area contributed by atoms with E-state index in [1.54, 1.807) is 47.4 Å². The monoisotopic (exact) mass is 392 g/mol. The van der Waals surface area contributed by atoms with Crippen molar-refractivity contribution in [3.8, 4) is 5.69 Å². The highest BCUT2D eigenvalue weighted by atomic mass is 16.6. The second kappa shape index (κ2) is 9.04. The van der Waals surface area contributed by atoms with Crippen LogP contribution in [0.4, 0.5) is 11.4 Å². The number of hydrogen-bond donors (Lipinski definition) is 2. The molecule has 10 nitrogen and oxygen atoms in total. The first-order valence-electron chi connectivity index (χ1n) is 8.47. The molecular formula is C19H16N6O4. The predicted octanol–water partition coefficient (Wildman–Crippen LogP) is 1.94. The van der Waals surface area contributed by atoms with Crippen LogP contribution in [0.3, 0.4) is 0 Å². The average Bonchev–Trinajstić information content (AvgIpc) is 3.26. The molecule has 0 atom stereocenters. The van der Waals surface area contributed by atoms with E-state index in [0.29, 0.717) is 11.3 Å². The van der Waals surface area contributed by atoms with Crippen molar-refractivity contribution in [3.05, 3.63) is 82.9 Å². The van der Waals surface area contributed by atoms with Gasteiger partial charge < -0.3 is 10.6 Å². The zero-order valence-corrected chi connectivity index (χ0v) is 15.1. The third-order valence-corrected chi connectivity index (χ3v) is 3.81. The van der Waals surface area contributed by atoms with E-state index in [1.807, 2.05) is 0 Å². The van der Waals surface area contributed by atoms with Gasteiger partial charge in [0.15, 0.2) is 0 Å². The molecule has 0 aliphatic carbocycles. The van der Waals surface area contributed by atoms with Crippen molar-refractivity contribution in [1.82, 2.24) is 20.1 Å². The summed E-state index contributed by atoms with van der Waals surface area (Å²) in [4.78, 5) is 38.1. The van der Waals surface area contributed by atoms with Gasteiger partial charge in [0.1, 0.15) is 12.7 Å². The van der Waals surface area contributed by atoms with Crippen LogP contribution in [0.25, 0.3) is 11.8 Å². The van der Waals surface area contributed by atoms with Gasteiger partial charge in [0.2, 0.25) is 11.8 Å². The summed E-state index contributed by atoms with van der Waals surface area (Å²) in [5.41, 5.74) is 1.53. The van der Waals surface area contributed by atoms with Gasteiger partial charge in [-0.1, -0.05) is 12.1 Å². The third kappa shape index (κ3) is 5.32. The van der Waals surface area contributed by atoms with Crippen LogP contribution in [-0.4, -0.2) is 38.0 Å². The summed E-state index contributed by atoms with van der Waals surface area (Å²) in [5, 5.41) is 20.0. The lowest BCUT2D eigenvalue weighted by Crippen LogP contribution is -2.31. The molecule has 1 heterocycles. The number of nitrogens with one attached hydrogen (secondary N) is 2. The smallest absolute Gasteiger partial charge is 0.276 e. The molecule has 0 fully saturated rings. The van der Waals surface area contributed by atoms with E-state index < -0.39 is 16.7 Å². The number of nitro groups is 1. The highest BCUT2D eigenvalue weighted by Gasteiger charge is 2.10. The van der Waals surface area contributed by atoms with Crippen molar-refractivity contribution in [2.24, 2.45) is 0 Å². The summed E-state index contributed by atoms with van der Waals surface area (Å²) in [5.74, 6) is -0.953. The Balaban J connectivity index is 1.50. The molecule has 0 aliphatic heterocycles. The van der Waals surface area contributed by atoms with Gasteiger partial charge in [0, 0.05) is 17.8 Å². The lowest BCUT2D eigenvalue weighted by molar-refractivity contribution is -0.385. The maximum Gasteiger partial charge on any atom is 0.276 e. The van der Waals surface area contributed by atoms with Gasteiger partial charge in [0.05, 0.1) is 22.7 Å². The first kappa shape index (κ1) is 19.4. The second-order valence-electron chi connectivity index (χ2n) is 5.80. The molecule has 1 aromatic heterocycles. The molecule has 0 radical (unpaired) electrons. The van der Waals surface area contributed by atoms with Crippen LogP contribution in [0.5, 0.6) is 0 Å². The first-order chi connectivity index (χ1) is 14.0. The van der Waals surface area contributed by atoms with E-state index in [-0.39, 0.29) is 12.2 Å². The molecule has 2 amide bonds. The standard InChI is InChI=1S/C19H16N6O4/c26-18(10-5-14-3-1-2-4-17(14)25(28)29)21-11-19(27)23-15-6-8-16(9-7-15)24-13-20-12-22-24/h1-10,12-13H,11H2,(H,21,26)(H,23,27). The molecule has 2 N–H and O–H groups in total. The predicted molar refractivity (Wildman–Crippen MR) is 105 cm³/mol. The van der Waals surface area contributed by atoms with Gasteiger partial charge in [-0.25, -0.2) is 9.67 Å². The number of nitro benzene ring substituents is 1. The van der Waals surface area contributed by atoms with Gasteiger partial charge in [0.25, 0.3) is 5.69 Å². The average molecular weight is 392 g/mol. The summed E-state index contributed by atoms with van der Waals surface area (Å²) in [7, 11) is 0. The SMILES string of the molecule is O=C(C=Cc1ccccc1[N+](=O)[O-])NCC(=O)Nc1ccc(-n2cncn2)cc1. The minimum Gasteiger partial charge on any atom is -0.343 e. The van der Waals surface area contributed by atoms with Gasteiger partial charge in [-0.3, -0.25) is 19.7 Å². The molecule has 29 heavy (non-hydrogen) atoms. The summed E-state index contributed by atoms with van der Waals surface area (Å²) >= 11 is 0. The van der Waals surface area contributed by atoms with Crippen LogP contribution in [0, 0.1) is 10.1 Å². The van der Waals surface area contributed by atoms with Crippen LogP contribution < -0.4 is 10.6 Å². The van der Waals surface area contributed by atoms with Crippen molar-refractivity contribution >= 4 is 29.3 Å². The molecule has 0 unspecified atom stereocenters. The lowest BCUT2D eigenvalue weighted by Gasteiger charge is -2.07. The van der Waals surface area contributed by atoms with E-state index in [4.69, 9.17) is 0 Å². The summed E-state index contributed by atoms with van der Waals surface area (Å²) in [6.07, 6.45) is 5.44. The zero-order chi connectivity index (χ0) is 20.6. The highest BCUT2D eigenvalue weighted by Crippen LogP contribution is 2.18. The van der Waals surface area contributed by atoms with Gasteiger partial charge in [-0.05, 0) is 36.4 Å². The molecule has 146 valence electrons. The maximum atomic E-state index is 12.0. The largest absolute Gasteiger partial charge is 0.343 e. The Labute approximate surface area is 165 Å². The van der Waals surface area contributed by atoms with Crippen molar-refractivity contribution in [2.75, 3.05) is 11.9 Å². The Kier molecular flexibility index (Phi) is 6.05. The molecule has 0 bridgehead atoms. The summed E-state index contributed by atoms with van der Waals surface area (Å²) in [6.45, 7) is -0.245. The quantitative estimate of drug-likeness (QED) is 0.359. The molecule has 2 aromatic carbocycles. The fourth-order valence-electron chi connectivity index (χ4n) is 2.43. The summed E-state index contributed by atoms with van der Waals surface area (Å²) in [6, 6.07) is 13.0. The third-order valence-electron chi connectivity index (χ3n) is 3.81. The van der Waals surface area contributed by atoms with E-state index in [1.165, 1.54) is 24.5 Å². The molecule has 3 rings (SSSR count). The molecule has 10 heteroatoms. The molecule has 3 aromatic rings. The van der Waals surface area contributed by atoms with Gasteiger partial charge in [-0.2, -0.15) is 5.10 Å². The minimum atomic E-state index is -0.542. The number of amides is 2. The molecule has 0 aliphatic rings. The van der Waals surface area contributed by atoms with Crippen molar-refractivity contribution in [2.45, 2.75) is 0 Å². The highest BCUT2D eigenvalue weighted by molar-refractivity contribution is 5.98. The second-order valence-corrected chi connectivity index (χ2v) is 5.80. The van der Waals surface area contributed by atoms with Crippen molar-refractivity contribution < 1.29 is 14.5 Å². The number of anilines is 1. The number of rotatable bonds is 7. The van der Waals surface area contributed by atoms with Crippen molar-refractivity contribution in [1.29, 1.82) is 0 Å². The number of aromatic nitrogens is 3. The van der Waals surface area contributed by atoms with Crippen LogP contribution in [-0.2, 0) is 9.59 Å². The van der Waals surface area contributed by atoms with E-state index in [9.17, 15) is 19.7 Å². The molecular weight excluding hydrogens is 376 g/mol. The number of carbonyl (C=O) groups is 2. The number of hydrogen-bond acceptors (Lipinski definition) is 6. The van der Waals surface area contributed by atoms with Gasteiger partial charge >= 0.3 is 0 Å². The van der Waals surface area contributed by atoms with Crippen LogP contribution in [0.1, 0.15) is 5.56 Å². The fraction of sp³-hybridized carbons (Fsp3) is 0.0526. The number of nitrogens with zero attached hydrogens (tertiary/aromatic N) is 4. The first-order valence-corrected chi connectivity index (χ1v) is 8.47. The Morgan fingerprint density at radius 2 is 1.90 bits per heavy atom. The molecule has 0 saturated heterocycles. The van der Waals surface area contributed by atoms with Gasteiger partial charge in [-0.15, -0.1) is 0 Å². The van der Waals surface area contributed by atoms with Crippen LogP contribution in [0.15, 0.2) is 67.3 Å². The van der Waals surface area contributed by atoms with Crippen molar-refractivity contribution in [3.63, 3.8) is 0 Å². The number of para-hydroxylation sites is 1. The Bertz CT molecular complexity index is 1040. The summed E-state index contributed by atoms with van der Waals surface area (Å²) < 4.78 is 1.58. The number of carbonyl (C=O) groups excluding carboxylic acids is 2. The van der Waals surface area contributed by atoms with Crippen LogP contribution in [0.2, 0.25) is 0 Å².